The summed E-state index contributed by atoms with van der Waals surface area (Å²) in [5.41, 5.74) is 2.86. The molecule has 0 radical (unpaired) electrons. The van der Waals surface area contributed by atoms with Crippen molar-refractivity contribution >= 4 is 40.0 Å². The molecule has 1 aliphatic heterocycles. The van der Waals surface area contributed by atoms with E-state index in [2.05, 4.69) is 32.9 Å². The second-order valence-corrected chi connectivity index (χ2v) is 5.66. The lowest BCUT2D eigenvalue weighted by Gasteiger charge is -2.21. The third-order valence-corrected chi connectivity index (χ3v) is 3.71. The summed E-state index contributed by atoms with van der Waals surface area (Å²) in [4.78, 5) is 4.13. The lowest BCUT2D eigenvalue weighted by atomic mass is 10.1. The summed E-state index contributed by atoms with van der Waals surface area (Å²) in [5.74, 6) is -0.318. The number of halogens is 2. The van der Waals surface area contributed by atoms with Gasteiger partial charge in [-0.3, -0.25) is 15.3 Å². The van der Waals surface area contributed by atoms with Gasteiger partial charge in [-0.2, -0.15) is 0 Å². The monoisotopic (exact) mass is 383 g/mol. The van der Waals surface area contributed by atoms with Crippen LogP contribution in [0.1, 0.15) is 11.1 Å². The molecule has 0 spiro atoms. The average molecular weight is 383 g/mol. The van der Waals surface area contributed by atoms with E-state index >= 15 is 0 Å². The number of anilines is 2. The summed E-state index contributed by atoms with van der Waals surface area (Å²) in [6, 6.07) is 4.98. The van der Waals surface area contributed by atoms with Gasteiger partial charge in [0.05, 0.1) is 24.1 Å². The molecule has 0 aliphatic carbocycles. The zero-order valence-corrected chi connectivity index (χ0v) is 12.5. The Balaban J connectivity index is 1.98. The number of hydrogen-bond acceptors (Lipinski definition) is 4. The number of hydroxylamine groups is 2. The van der Waals surface area contributed by atoms with Crippen LogP contribution in [-0.2, 0) is 6.54 Å². The van der Waals surface area contributed by atoms with Gasteiger partial charge in [0.25, 0.3) is 0 Å². The Hall–Kier alpha value is -1.67. The molecule has 1 aromatic carbocycles. The summed E-state index contributed by atoms with van der Waals surface area (Å²) in [6.45, 7) is 0.336. The van der Waals surface area contributed by atoms with Crippen LogP contribution >= 0.6 is 22.6 Å². The Bertz CT molecular complexity index is 690. The zero-order valence-electron chi connectivity index (χ0n) is 10.3. The number of hydrogen-bond donors (Lipinski definition) is 2. The van der Waals surface area contributed by atoms with Gasteiger partial charge in [0.2, 0.25) is 0 Å². The van der Waals surface area contributed by atoms with Crippen LogP contribution in [0, 0.1) is 9.39 Å². The Morgan fingerprint density at radius 1 is 1.30 bits per heavy atom. The first kappa shape index (κ1) is 13.3. The molecule has 0 bridgehead atoms. The minimum Gasteiger partial charge on any atom is -0.352 e. The van der Waals surface area contributed by atoms with Crippen molar-refractivity contribution in [3.8, 4) is 0 Å². The number of rotatable bonds is 2. The fourth-order valence-electron chi connectivity index (χ4n) is 2.05. The van der Waals surface area contributed by atoms with Gasteiger partial charge in [-0.25, -0.2) is 4.39 Å². The molecule has 2 aromatic rings. The summed E-state index contributed by atoms with van der Waals surface area (Å²) < 4.78 is 14.7. The normalized spacial score (nSPS) is 13.2. The minimum absolute atomic E-state index is 0.318. The van der Waals surface area contributed by atoms with Gasteiger partial charge < -0.3 is 5.32 Å². The van der Waals surface area contributed by atoms with E-state index in [1.807, 2.05) is 6.07 Å². The van der Waals surface area contributed by atoms with Gasteiger partial charge in [-0.1, -0.05) is 0 Å². The van der Waals surface area contributed by atoms with E-state index < -0.39 is 0 Å². The largest absolute Gasteiger partial charge is 0.352 e. The number of nitrogens with one attached hydrogen (secondary N) is 1. The van der Waals surface area contributed by atoms with Gasteiger partial charge in [0, 0.05) is 27.1 Å². The van der Waals surface area contributed by atoms with Crippen molar-refractivity contribution in [2.75, 3.05) is 5.32 Å². The number of benzene rings is 1. The smallest absolute Gasteiger partial charge is 0.147 e. The highest BCUT2D eigenvalue weighted by atomic mass is 127. The lowest BCUT2D eigenvalue weighted by molar-refractivity contribution is -0.0493. The van der Waals surface area contributed by atoms with E-state index in [9.17, 15) is 9.60 Å². The van der Waals surface area contributed by atoms with E-state index in [1.54, 1.807) is 30.7 Å². The maximum atomic E-state index is 13.9. The van der Waals surface area contributed by atoms with Gasteiger partial charge in [0.1, 0.15) is 5.82 Å². The molecule has 102 valence electrons. The van der Waals surface area contributed by atoms with Crippen LogP contribution in [0.2, 0.25) is 0 Å². The fraction of sp³-hybridized carbons (Fsp3) is 0.0714. The molecule has 0 amide bonds. The molecule has 0 unspecified atom stereocenters. The van der Waals surface area contributed by atoms with Crippen LogP contribution in [0.5, 0.6) is 0 Å². The van der Waals surface area contributed by atoms with Crippen LogP contribution in [0.15, 0.2) is 36.8 Å². The van der Waals surface area contributed by atoms with Crippen molar-refractivity contribution in [2.24, 2.45) is 0 Å². The quantitative estimate of drug-likeness (QED) is 0.776. The molecule has 1 aromatic heterocycles. The number of aromatic nitrogens is 1. The molecule has 2 N–H and O–H groups in total. The van der Waals surface area contributed by atoms with Crippen LogP contribution in [-0.4, -0.2) is 15.3 Å². The summed E-state index contributed by atoms with van der Waals surface area (Å²) in [5, 5.41) is 13.7. The minimum atomic E-state index is -0.318. The lowest BCUT2D eigenvalue weighted by Crippen LogP contribution is -2.17. The molecule has 0 atom stereocenters. The predicted octanol–water partition coefficient (Wildman–Crippen LogP) is 3.74. The summed E-state index contributed by atoms with van der Waals surface area (Å²) >= 11 is 2.06. The molecule has 4 nitrogen and oxygen atoms in total. The molecule has 1 aliphatic rings. The van der Waals surface area contributed by atoms with E-state index in [-0.39, 0.29) is 5.82 Å². The maximum absolute atomic E-state index is 13.9. The first-order valence-corrected chi connectivity index (χ1v) is 7.04. The zero-order chi connectivity index (χ0) is 14.1. The number of pyridine rings is 1. The molecular formula is C14H11FIN3O. The van der Waals surface area contributed by atoms with Crippen molar-refractivity contribution in [1.82, 2.24) is 10.0 Å². The highest BCUT2D eigenvalue weighted by Crippen LogP contribution is 2.29. The van der Waals surface area contributed by atoms with Crippen molar-refractivity contribution < 1.29 is 9.60 Å². The Morgan fingerprint density at radius 2 is 2.15 bits per heavy atom. The van der Waals surface area contributed by atoms with Crippen molar-refractivity contribution in [3.05, 3.63) is 57.3 Å². The highest BCUT2D eigenvalue weighted by Gasteiger charge is 2.14. The van der Waals surface area contributed by atoms with Crippen LogP contribution in [0.25, 0.3) is 6.08 Å². The van der Waals surface area contributed by atoms with Gasteiger partial charge in [-0.15, -0.1) is 0 Å². The van der Waals surface area contributed by atoms with E-state index in [4.69, 9.17) is 0 Å². The Kier molecular flexibility index (Phi) is 3.58. The molecule has 0 saturated carbocycles. The predicted molar refractivity (Wildman–Crippen MR) is 83.0 cm³/mol. The second kappa shape index (κ2) is 5.37. The molecule has 0 saturated heterocycles. The van der Waals surface area contributed by atoms with Crippen LogP contribution in [0.4, 0.5) is 15.8 Å². The van der Waals surface area contributed by atoms with Gasteiger partial charge >= 0.3 is 0 Å². The van der Waals surface area contributed by atoms with E-state index in [0.29, 0.717) is 17.9 Å². The van der Waals surface area contributed by atoms with Gasteiger partial charge in [-0.05, 0) is 46.9 Å². The first-order valence-electron chi connectivity index (χ1n) is 5.96. The van der Waals surface area contributed by atoms with E-state index in [0.717, 1.165) is 19.8 Å². The van der Waals surface area contributed by atoms with Crippen LogP contribution in [0.3, 0.4) is 0 Å². The second-order valence-electron chi connectivity index (χ2n) is 4.42. The third kappa shape index (κ3) is 2.61. The molecule has 2 heterocycles. The molecule has 0 fully saturated rings. The van der Waals surface area contributed by atoms with E-state index in [1.165, 1.54) is 6.07 Å². The number of nitrogens with zero attached hydrogens (tertiary/aromatic N) is 2. The Morgan fingerprint density at radius 3 is 2.95 bits per heavy atom. The SMILES string of the molecule is ON1C=Cc2cncc(Nc3ccc(I)cc3F)c2C1. The average Bonchev–Trinajstić information content (AvgIpc) is 2.42. The maximum Gasteiger partial charge on any atom is 0.147 e. The standard InChI is InChI=1S/C14H11FIN3O/c15-12-5-10(16)1-2-13(12)18-14-7-17-6-9-3-4-19(20)8-11(9)14/h1-7,18,20H,8H2. The summed E-state index contributed by atoms with van der Waals surface area (Å²) in [6.07, 6.45) is 6.68. The molecule has 6 heteroatoms. The third-order valence-electron chi connectivity index (χ3n) is 3.04. The highest BCUT2D eigenvalue weighted by molar-refractivity contribution is 14.1. The van der Waals surface area contributed by atoms with Crippen molar-refractivity contribution in [3.63, 3.8) is 0 Å². The first-order chi connectivity index (χ1) is 9.63. The fourth-order valence-corrected chi connectivity index (χ4v) is 2.50. The van der Waals surface area contributed by atoms with Crippen molar-refractivity contribution in [2.45, 2.75) is 6.54 Å². The molecule has 20 heavy (non-hydrogen) atoms. The molecular weight excluding hydrogens is 372 g/mol. The Labute approximate surface area is 129 Å². The summed E-state index contributed by atoms with van der Waals surface area (Å²) in [7, 11) is 0. The molecule has 3 rings (SSSR count). The van der Waals surface area contributed by atoms with Gasteiger partial charge in [0.15, 0.2) is 0 Å². The van der Waals surface area contributed by atoms with Crippen LogP contribution < -0.4 is 5.32 Å². The topological polar surface area (TPSA) is 48.4 Å². The number of fused-ring (bicyclic) bond motifs is 1. The van der Waals surface area contributed by atoms with Crippen molar-refractivity contribution in [1.29, 1.82) is 0 Å².